The second kappa shape index (κ2) is 7.54. The molecule has 2 fully saturated rings. The molecule has 0 unspecified atom stereocenters. The fourth-order valence-corrected chi connectivity index (χ4v) is 4.33. The van der Waals surface area contributed by atoms with Crippen LogP contribution in [0, 0.1) is 0 Å². The summed E-state index contributed by atoms with van der Waals surface area (Å²) < 4.78 is 27.6. The van der Waals surface area contributed by atoms with E-state index in [1.54, 1.807) is 21.7 Å². The van der Waals surface area contributed by atoms with Crippen molar-refractivity contribution >= 4 is 28.5 Å². The lowest BCUT2D eigenvalue weighted by molar-refractivity contribution is -0.129. The van der Waals surface area contributed by atoms with E-state index in [1.165, 1.54) is 6.20 Å². The lowest BCUT2D eigenvalue weighted by Crippen LogP contribution is -2.51. The zero-order valence-electron chi connectivity index (χ0n) is 17.2. The molecule has 2 amide bonds. The maximum atomic E-state index is 13.0. The number of aromatic nitrogens is 3. The molecule has 1 saturated carbocycles. The topological polar surface area (TPSA) is 106 Å². The minimum absolute atomic E-state index is 0.0395. The molecule has 3 aromatic rings. The highest BCUT2D eigenvalue weighted by Gasteiger charge is 2.46. The molecule has 0 bridgehead atoms. The Morgan fingerprint density at radius 1 is 1.19 bits per heavy atom. The molecule has 3 heterocycles. The Bertz CT molecular complexity index is 1200. The number of nitrogens with two attached hydrogens (primary N) is 1. The van der Waals surface area contributed by atoms with E-state index in [0.29, 0.717) is 24.5 Å². The molecule has 10 heteroatoms. The number of halogens is 2. The Hall–Kier alpha value is -3.56. The Labute approximate surface area is 182 Å². The van der Waals surface area contributed by atoms with Crippen LogP contribution in [0.1, 0.15) is 34.8 Å². The number of hydrogen-bond acceptors (Lipinski definition) is 5. The lowest BCUT2D eigenvalue weighted by Gasteiger charge is -2.38. The Kier molecular flexibility index (Phi) is 4.79. The number of anilines is 1. The van der Waals surface area contributed by atoms with Gasteiger partial charge in [-0.1, -0.05) is 18.2 Å². The predicted octanol–water partition coefficient (Wildman–Crippen LogP) is 2.17. The van der Waals surface area contributed by atoms with E-state index in [0.717, 1.165) is 16.6 Å². The van der Waals surface area contributed by atoms with E-state index >= 15 is 0 Å². The predicted molar refractivity (Wildman–Crippen MR) is 113 cm³/mol. The van der Waals surface area contributed by atoms with Crippen LogP contribution in [-0.2, 0) is 11.3 Å². The average molecular weight is 440 g/mol. The molecule has 2 aromatic heterocycles. The first kappa shape index (κ1) is 20.3. The number of nitrogen functional groups attached to an aromatic ring is 1. The molecule has 0 spiro atoms. The fourth-order valence-electron chi connectivity index (χ4n) is 4.33. The number of carbonyl (C=O) groups excluding carboxylic acids is 2. The smallest absolute Gasteiger partial charge is 0.254 e. The molecule has 3 N–H and O–H groups in total. The van der Waals surface area contributed by atoms with Gasteiger partial charge in [0.05, 0.1) is 11.2 Å². The zero-order chi connectivity index (χ0) is 22.5. The molecule has 0 radical (unpaired) electrons. The second-order valence-electron chi connectivity index (χ2n) is 8.47. The van der Waals surface area contributed by atoms with Gasteiger partial charge in [0.2, 0.25) is 5.91 Å². The minimum Gasteiger partial charge on any atom is -0.384 e. The zero-order valence-corrected chi connectivity index (χ0v) is 17.2. The first-order chi connectivity index (χ1) is 15.3. The number of rotatable bonds is 5. The van der Waals surface area contributed by atoms with Crippen LogP contribution in [0.5, 0.6) is 0 Å². The number of nitrogens with zero attached hydrogens (tertiary/aromatic N) is 4. The van der Waals surface area contributed by atoms with Gasteiger partial charge in [0.15, 0.2) is 0 Å². The molecule has 2 aliphatic rings. The molecule has 32 heavy (non-hydrogen) atoms. The van der Waals surface area contributed by atoms with Crippen LogP contribution in [0.15, 0.2) is 42.6 Å². The Morgan fingerprint density at radius 2 is 1.94 bits per heavy atom. The molecular formula is C22H22F2N6O2. The number of amides is 2. The summed E-state index contributed by atoms with van der Waals surface area (Å²) in [5.41, 5.74) is 7.78. The summed E-state index contributed by atoms with van der Waals surface area (Å²) in [6.45, 7) is 0.963. The molecular weight excluding hydrogens is 418 g/mol. The highest BCUT2D eigenvalue weighted by Crippen LogP contribution is 2.37. The van der Waals surface area contributed by atoms with Crippen LogP contribution in [0.4, 0.5) is 14.6 Å². The van der Waals surface area contributed by atoms with Gasteiger partial charge in [-0.25, -0.2) is 13.8 Å². The van der Waals surface area contributed by atoms with Crippen molar-refractivity contribution in [2.24, 2.45) is 0 Å². The number of pyridine rings is 1. The highest BCUT2D eigenvalue weighted by atomic mass is 19.3. The monoisotopic (exact) mass is 440 g/mol. The van der Waals surface area contributed by atoms with E-state index in [1.807, 2.05) is 24.3 Å². The average Bonchev–Trinajstić information content (AvgIpc) is 3.03. The molecule has 8 nitrogen and oxygen atoms in total. The minimum atomic E-state index is -2.68. The van der Waals surface area contributed by atoms with Gasteiger partial charge in [0.25, 0.3) is 11.8 Å². The van der Waals surface area contributed by atoms with Crippen molar-refractivity contribution in [3.05, 3.63) is 53.9 Å². The third-order valence-electron chi connectivity index (χ3n) is 6.02. The van der Waals surface area contributed by atoms with Crippen LogP contribution < -0.4 is 11.1 Å². The lowest BCUT2D eigenvalue weighted by atomic mass is 9.88. The summed E-state index contributed by atoms with van der Waals surface area (Å²) in [5, 5.41) is 8.22. The van der Waals surface area contributed by atoms with Crippen LogP contribution in [0.2, 0.25) is 0 Å². The van der Waals surface area contributed by atoms with Crippen molar-refractivity contribution in [3.63, 3.8) is 0 Å². The number of likely N-dealkylation sites (tertiary alicyclic amines) is 1. The molecule has 0 atom stereocenters. The number of para-hydroxylation sites is 1. The third kappa shape index (κ3) is 3.76. The van der Waals surface area contributed by atoms with E-state index in [-0.39, 0.29) is 37.1 Å². The quantitative estimate of drug-likeness (QED) is 0.633. The second-order valence-corrected chi connectivity index (χ2v) is 8.47. The first-order valence-corrected chi connectivity index (χ1v) is 10.4. The van der Waals surface area contributed by atoms with Crippen LogP contribution in [-0.4, -0.2) is 56.5 Å². The summed E-state index contributed by atoms with van der Waals surface area (Å²) in [6.07, 6.45) is 0.864. The largest absolute Gasteiger partial charge is 0.384 e. The summed E-state index contributed by atoms with van der Waals surface area (Å²) >= 11 is 0. The van der Waals surface area contributed by atoms with E-state index in [2.05, 4.69) is 15.4 Å². The Morgan fingerprint density at radius 3 is 2.66 bits per heavy atom. The number of nitrogens with one attached hydrogen (secondary N) is 1. The Balaban J connectivity index is 1.28. The third-order valence-corrected chi connectivity index (χ3v) is 6.02. The molecule has 1 aliphatic carbocycles. The standard InChI is InChI=1S/C22H22F2N6O2/c23-22(24)8-15(9-22)27-19(31)12-30-17-4-2-1-3-16(17)20(28-30)14-10-29(11-14)21(32)13-5-6-26-18(25)7-13/h1-7,14-15H,8-12H2,(H2,25,26)(H,27,31). The van der Waals surface area contributed by atoms with Crippen molar-refractivity contribution < 1.29 is 18.4 Å². The summed E-state index contributed by atoms with van der Waals surface area (Å²) in [6, 6.07) is 10.3. The summed E-state index contributed by atoms with van der Waals surface area (Å²) in [4.78, 5) is 30.7. The number of carbonyl (C=O) groups is 2. The van der Waals surface area contributed by atoms with Gasteiger partial charge in [-0.2, -0.15) is 5.10 Å². The first-order valence-electron chi connectivity index (χ1n) is 10.4. The molecule has 1 aliphatic heterocycles. The fraction of sp³-hybridized carbons (Fsp3) is 0.364. The van der Waals surface area contributed by atoms with Crippen molar-refractivity contribution in [3.8, 4) is 0 Å². The van der Waals surface area contributed by atoms with Gasteiger partial charge in [-0.3, -0.25) is 14.3 Å². The molecule has 1 saturated heterocycles. The normalized spacial score (nSPS) is 18.2. The van der Waals surface area contributed by atoms with E-state index in [4.69, 9.17) is 5.73 Å². The number of benzene rings is 1. The van der Waals surface area contributed by atoms with Gasteiger partial charge in [0, 0.05) is 55.0 Å². The van der Waals surface area contributed by atoms with Crippen LogP contribution in [0.3, 0.4) is 0 Å². The van der Waals surface area contributed by atoms with Crippen molar-refractivity contribution in [1.29, 1.82) is 0 Å². The van der Waals surface area contributed by atoms with Crippen molar-refractivity contribution in [2.45, 2.75) is 37.3 Å². The maximum Gasteiger partial charge on any atom is 0.254 e. The van der Waals surface area contributed by atoms with Crippen molar-refractivity contribution in [2.75, 3.05) is 18.8 Å². The van der Waals surface area contributed by atoms with Crippen LogP contribution >= 0.6 is 0 Å². The van der Waals surface area contributed by atoms with Crippen molar-refractivity contribution in [1.82, 2.24) is 25.0 Å². The molecule has 166 valence electrons. The number of hydrogen-bond donors (Lipinski definition) is 2. The number of alkyl halides is 2. The van der Waals surface area contributed by atoms with E-state index < -0.39 is 12.0 Å². The van der Waals surface area contributed by atoms with Gasteiger partial charge in [0.1, 0.15) is 12.4 Å². The van der Waals surface area contributed by atoms with Crippen LogP contribution in [0.25, 0.3) is 10.9 Å². The van der Waals surface area contributed by atoms with Gasteiger partial charge >= 0.3 is 0 Å². The van der Waals surface area contributed by atoms with Gasteiger partial charge in [-0.15, -0.1) is 0 Å². The maximum absolute atomic E-state index is 13.0. The van der Waals surface area contributed by atoms with E-state index in [9.17, 15) is 18.4 Å². The summed E-state index contributed by atoms with van der Waals surface area (Å²) in [5.74, 6) is -2.81. The number of fused-ring (bicyclic) bond motifs is 1. The SMILES string of the molecule is Nc1cc(C(=O)N2CC(c3nn(CC(=O)NC4CC(F)(F)C4)c4ccccc34)C2)ccn1. The highest BCUT2D eigenvalue weighted by molar-refractivity contribution is 5.95. The molecule has 1 aromatic carbocycles. The summed E-state index contributed by atoms with van der Waals surface area (Å²) in [7, 11) is 0. The molecule has 5 rings (SSSR count). The van der Waals surface area contributed by atoms with Gasteiger partial charge < -0.3 is 16.0 Å². The van der Waals surface area contributed by atoms with Gasteiger partial charge in [-0.05, 0) is 18.2 Å².